The van der Waals surface area contributed by atoms with Gasteiger partial charge in [-0.1, -0.05) is 0 Å². The molecule has 8 nitrogen and oxygen atoms in total. The fourth-order valence-electron chi connectivity index (χ4n) is 2.96. The van der Waals surface area contributed by atoms with E-state index in [0.717, 1.165) is 0 Å². The number of rotatable bonds is 8. The fraction of sp³-hybridized carbons (Fsp3) is 0.526. The maximum atomic E-state index is 12.4. The van der Waals surface area contributed by atoms with Gasteiger partial charge in [0.15, 0.2) is 0 Å². The van der Waals surface area contributed by atoms with Gasteiger partial charge in [0.1, 0.15) is 11.5 Å². The summed E-state index contributed by atoms with van der Waals surface area (Å²) in [6.45, 7) is 4.25. The summed E-state index contributed by atoms with van der Waals surface area (Å²) in [5.74, 6) is 0.166. The zero-order chi connectivity index (χ0) is 20.0. The number of hydrogen-bond acceptors (Lipinski definition) is 5. The smallest absolute Gasteiger partial charge is 0.227 e. The molecule has 0 aliphatic carbocycles. The normalized spacial score (nSPS) is 16.4. The molecular weight excluding hydrogens is 350 g/mol. The molecule has 1 aliphatic rings. The van der Waals surface area contributed by atoms with Gasteiger partial charge in [-0.3, -0.25) is 14.4 Å². The summed E-state index contributed by atoms with van der Waals surface area (Å²) in [7, 11) is 3.07. The number of anilines is 1. The Morgan fingerprint density at radius 3 is 2.63 bits per heavy atom. The molecule has 1 fully saturated rings. The second-order valence-electron chi connectivity index (χ2n) is 6.71. The van der Waals surface area contributed by atoms with E-state index in [0.29, 0.717) is 17.2 Å². The Morgan fingerprint density at radius 2 is 2.00 bits per heavy atom. The molecule has 2 rings (SSSR count). The van der Waals surface area contributed by atoms with E-state index in [1.165, 1.54) is 12.0 Å². The van der Waals surface area contributed by atoms with Crippen LogP contribution in [0.15, 0.2) is 18.2 Å². The van der Waals surface area contributed by atoms with Crippen LogP contribution in [-0.4, -0.2) is 51.1 Å². The van der Waals surface area contributed by atoms with E-state index in [-0.39, 0.29) is 49.7 Å². The highest BCUT2D eigenvalue weighted by Gasteiger charge is 2.36. The molecule has 1 heterocycles. The number of ether oxygens (including phenoxy) is 2. The van der Waals surface area contributed by atoms with Gasteiger partial charge in [-0.05, 0) is 26.0 Å². The molecule has 1 aliphatic heterocycles. The van der Waals surface area contributed by atoms with Gasteiger partial charge in [-0.2, -0.15) is 0 Å². The maximum absolute atomic E-state index is 12.4. The molecule has 0 saturated carbocycles. The minimum Gasteiger partial charge on any atom is -0.497 e. The largest absolute Gasteiger partial charge is 0.497 e. The summed E-state index contributed by atoms with van der Waals surface area (Å²) in [5.41, 5.74) is 0.577. The Bertz CT molecular complexity index is 705. The lowest BCUT2D eigenvalue weighted by atomic mass is 10.1. The van der Waals surface area contributed by atoms with E-state index in [1.807, 2.05) is 13.8 Å². The quantitative estimate of drug-likeness (QED) is 0.707. The molecule has 27 heavy (non-hydrogen) atoms. The molecular formula is C19H27N3O5. The lowest BCUT2D eigenvalue weighted by molar-refractivity contribution is -0.126. The number of carbonyl (C=O) groups excluding carboxylic acids is 3. The average Bonchev–Trinajstić information content (AvgIpc) is 3.02. The number of benzene rings is 1. The molecule has 2 N–H and O–H groups in total. The van der Waals surface area contributed by atoms with Crippen LogP contribution in [0.4, 0.5) is 5.69 Å². The van der Waals surface area contributed by atoms with Crippen molar-refractivity contribution in [3.05, 3.63) is 18.2 Å². The molecule has 1 aromatic carbocycles. The van der Waals surface area contributed by atoms with Gasteiger partial charge < -0.3 is 25.0 Å². The highest BCUT2D eigenvalue weighted by Crippen LogP contribution is 2.36. The highest BCUT2D eigenvalue weighted by molar-refractivity contribution is 6.01. The van der Waals surface area contributed by atoms with Crippen molar-refractivity contribution in [3.8, 4) is 11.5 Å². The number of methoxy groups -OCH3 is 2. The van der Waals surface area contributed by atoms with Crippen molar-refractivity contribution in [1.29, 1.82) is 0 Å². The number of carbonyl (C=O) groups is 3. The van der Waals surface area contributed by atoms with E-state index < -0.39 is 5.92 Å². The van der Waals surface area contributed by atoms with Crippen LogP contribution in [0.2, 0.25) is 0 Å². The minimum absolute atomic E-state index is 0.0621. The first-order valence-electron chi connectivity index (χ1n) is 8.95. The van der Waals surface area contributed by atoms with Gasteiger partial charge in [-0.15, -0.1) is 0 Å². The van der Waals surface area contributed by atoms with Gasteiger partial charge >= 0.3 is 0 Å². The highest BCUT2D eigenvalue weighted by atomic mass is 16.5. The predicted molar refractivity (Wildman–Crippen MR) is 101 cm³/mol. The second-order valence-corrected chi connectivity index (χ2v) is 6.71. The van der Waals surface area contributed by atoms with Crippen LogP contribution in [0.3, 0.4) is 0 Å². The minimum atomic E-state index is -0.471. The standard InChI is InChI=1S/C19H27N3O5/c1-12(2)21-17(23)7-8-20-19(25)13-9-18(24)22(11-13)15-10-14(26-3)5-6-16(15)27-4/h5-6,10,12-13H,7-9,11H2,1-4H3,(H,20,25)(H,21,23). The van der Waals surface area contributed by atoms with E-state index in [9.17, 15) is 14.4 Å². The maximum Gasteiger partial charge on any atom is 0.227 e. The molecule has 8 heteroatoms. The lowest BCUT2D eigenvalue weighted by Crippen LogP contribution is -2.37. The van der Waals surface area contributed by atoms with E-state index in [2.05, 4.69) is 10.6 Å². The Morgan fingerprint density at radius 1 is 1.26 bits per heavy atom. The Labute approximate surface area is 159 Å². The van der Waals surface area contributed by atoms with Crippen LogP contribution in [0, 0.1) is 5.92 Å². The summed E-state index contributed by atoms with van der Waals surface area (Å²) in [4.78, 5) is 38.0. The lowest BCUT2D eigenvalue weighted by Gasteiger charge is -2.20. The van der Waals surface area contributed by atoms with Crippen molar-refractivity contribution >= 4 is 23.4 Å². The van der Waals surface area contributed by atoms with Crippen LogP contribution in [0.1, 0.15) is 26.7 Å². The molecule has 0 spiro atoms. The molecule has 1 unspecified atom stereocenters. The summed E-state index contributed by atoms with van der Waals surface area (Å²) in [6.07, 6.45) is 0.322. The molecule has 3 amide bonds. The van der Waals surface area contributed by atoms with Crippen molar-refractivity contribution in [2.75, 3.05) is 32.2 Å². The molecule has 0 radical (unpaired) electrons. The molecule has 1 saturated heterocycles. The molecule has 148 valence electrons. The van der Waals surface area contributed by atoms with E-state index in [1.54, 1.807) is 25.3 Å². The Balaban J connectivity index is 1.97. The summed E-state index contributed by atoms with van der Waals surface area (Å²) < 4.78 is 10.5. The van der Waals surface area contributed by atoms with Crippen molar-refractivity contribution < 1.29 is 23.9 Å². The third kappa shape index (κ3) is 5.35. The van der Waals surface area contributed by atoms with Crippen molar-refractivity contribution in [1.82, 2.24) is 10.6 Å². The number of nitrogens with one attached hydrogen (secondary N) is 2. The number of hydrogen-bond donors (Lipinski definition) is 2. The first-order valence-corrected chi connectivity index (χ1v) is 8.95. The first-order chi connectivity index (χ1) is 12.8. The zero-order valence-corrected chi connectivity index (χ0v) is 16.2. The SMILES string of the molecule is COc1ccc(OC)c(N2CC(C(=O)NCCC(=O)NC(C)C)CC2=O)c1. The van der Waals surface area contributed by atoms with Crippen molar-refractivity contribution in [3.63, 3.8) is 0 Å². The number of amides is 3. The van der Waals surface area contributed by atoms with Gasteiger partial charge in [0, 0.05) is 38.0 Å². The van der Waals surface area contributed by atoms with Crippen LogP contribution in [0.25, 0.3) is 0 Å². The van der Waals surface area contributed by atoms with Crippen molar-refractivity contribution in [2.45, 2.75) is 32.7 Å². The number of nitrogens with zero attached hydrogens (tertiary/aromatic N) is 1. The summed E-state index contributed by atoms with van der Waals surface area (Å²) >= 11 is 0. The molecule has 1 atom stereocenters. The second kappa shape index (κ2) is 9.25. The van der Waals surface area contributed by atoms with Gasteiger partial charge in [0.25, 0.3) is 0 Å². The van der Waals surface area contributed by atoms with E-state index >= 15 is 0 Å². The van der Waals surface area contributed by atoms with Crippen LogP contribution >= 0.6 is 0 Å². The topological polar surface area (TPSA) is 97.0 Å². The average molecular weight is 377 g/mol. The van der Waals surface area contributed by atoms with Gasteiger partial charge in [-0.25, -0.2) is 0 Å². The summed E-state index contributed by atoms with van der Waals surface area (Å²) in [6, 6.07) is 5.25. The molecule has 1 aromatic rings. The van der Waals surface area contributed by atoms with Crippen LogP contribution in [0.5, 0.6) is 11.5 Å². The molecule has 0 aromatic heterocycles. The van der Waals surface area contributed by atoms with Gasteiger partial charge in [0.2, 0.25) is 17.7 Å². The third-order valence-electron chi connectivity index (χ3n) is 4.27. The van der Waals surface area contributed by atoms with Gasteiger partial charge in [0.05, 0.1) is 25.8 Å². The Kier molecular flexibility index (Phi) is 7.04. The van der Waals surface area contributed by atoms with E-state index in [4.69, 9.17) is 9.47 Å². The fourth-order valence-corrected chi connectivity index (χ4v) is 2.96. The van der Waals surface area contributed by atoms with Crippen LogP contribution < -0.4 is 25.0 Å². The molecule has 0 bridgehead atoms. The predicted octanol–water partition coefficient (Wildman–Crippen LogP) is 1.09. The monoisotopic (exact) mass is 377 g/mol. The Hall–Kier alpha value is -2.77. The summed E-state index contributed by atoms with van der Waals surface area (Å²) in [5, 5.41) is 5.50. The van der Waals surface area contributed by atoms with Crippen molar-refractivity contribution in [2.24, 2.45) is 5.92 Å². The first kappa shape index (κ1) is 20.5. The zero-order valence-electron chi connectivity index (χ0n) is 16.2. The van der Waals surface area contributed by atoms with Crippen LogP contribution in [-0.2, 0) is 14.4 Å². The third-order valence-corrected chi connectivity index (χ3v) is 4.27.